The fourth-order valence-electron chi connectivity index (χ4n) is 2.78. The van der Waals surface area contributed by atoms with Crippen LogP contribution in [0.3, 0.4) is 0 Å². The molecule has 4 N–H and O–H groups in total. The zero-order chi connectivity index (χ0) is 19.1. The molecule has 1 fully saturated rings. The van der Waals surface area contributed by atoms with Crippen LogP contribution in [0.2, 0.25) is 0 Å². The Labute approximate surface area is 145 Å². The standard InChI is InChI=1S/C15H16F3N3O5/c16-15(17,18)8-4-2-1-3-7(8)9-5-21(20-19-9)14-13(25)12(24)11(23)10(6-22)26-14/h1-5,10-14,22-25H,6H2/t10-,11+,12+,13-,14-/m1/s1. The van der Waals surface area contributed by atoms with E-state index in [9.17, 15) is 33.6 Å². The lowest BCUT2D eigenvalue weighted by atomic mass is 9.98. The number of halogens is 3. The molecule has 26 heavy (non-hydrogen) atoms. The van der Waals surface area contributed by atoms with Crippen molar-refractivity contribution >= 4 is 0 Å². The van der Waals surface area contributed by atoms with Crippen molar-refractivity contribution < 1.29 is 38.3 Å². The van der Waals surface area contributed by atoms with E-state index in [2.05, 4.69) is 10.3 Å². The van der Waals surface area contributed by atoms with Gasteiger partial charge in [-0.2, -0.15) is 13.2 Å². The molecule has 1 aliphatic heterocycles. The highest BCUT2D eigenvalue weighted by Crippen LogP contribution is 2.36. The molecule has 1 aromatic carbocycles. The average Bonchev–Trinajstić information content (AvgIpc) is 3.09. The Bertz CT molecular complexity index is 767. The van der Waals surface area contributed by atoms with Crippen molar-refractivity contribution in [2.24, 2.45) is 0 Å². The van der Waals surface area contributed by atoms with Crippen molar-refractivity contribution in [2.45, 2.75) is 36.8 Å². The molecule has 1 aromatic heterocycles. The van der Waals surface area contributed by atoms with Crippen LogP contribution in [-0.4, -0.2) is 66.4 Å². The second kappa shape index (κ2) is 6.93. The van der Waals surface area contributed by atoms with Crippen LogP contribution in [0.15, 0.2) is 30.5 Å². The lowest BCUT2D eigenvalue weighted by Gasteiger charge is -2.39. The molecule has 0 saturated carbocycles. The van der Waals surface area contributed by atoms with E-state index in [0.29, 0.717) is 0 Å². The van der Waals surface area contributed by atoms with E-state index in [-0.39, 0.29) is 11.3 Å². The zero-order valence-corrected chi connectivity index (χ0v) is 13.2. The molecule has 0 bridgehead atoms. The topological polar surface area (TPSA) is 121 Å². The third kappa shape index (κ3) is 3.31. The monoisotopic (exact) mass is 375 g/mol. The van der Waals surface area contributed by atoms with Gasteiger partial charge in [-0.25, -0.2) is 4.68 Å². The number of benzene rings is 1. The van der Waals surface area contributed by atoms with Gasteiger partial charge >= 0.3 is 6.18 Å². The first-order valence-corrected chi connectivity index (χ1v) is 7.63. The number of nitrogens with zero attached hydrogens (tertiary/aromatic N) is 3. The summed E-state index contributed by atoms with van der Waals surface area (Å²) >= 11 is 0. The second-order valence-corrected chi connectivity index (χ2v) is 5.85. The van der Waals surface area contributed by atoms with Crippen molar-refractivity contribution in [1.82, 2.24) is 15.0 Å². The van der Waals surface area contributed by atoms with E-state index in [1.54, 1.807) is 0 Å². The molecule has 0 unspecified atom stereocenters. The van der Waals surface area contributed by atoms with Gasteiger partial charge in [-0.15, -0.1) is 5.10 Å². The summed E-state index contributed by atoms with van der Waals surface area (Å²) in [4.78, 5) is 0. The van der Waals surface area contributed by atoms with Gasteiger partial charge in [-0.3, -0.25) is 0 Å². The molecule has 0 radical (unpaired) electrons. The maximum atomic E-state index is 13.1. The van der Waals surface area contributed by atoms with Gasteiger partial charge in [-0.05, 0) is 6.07 Å². The molecule has 8 nitrogen and oxygen atoms in total. The fraction of sp³-hybridized carbons (Fsp3) is 0.467. The molecule has 0 aliphatic carbocycles. The number of hydrogen-bond acceptors (Lipinski definition) is 7. The molecule has 11 heteroatoms. The summed E-state index contributed by atoms with van der Waals surface area (Å²) < 4.78 is 45.6. The summed E-state index contributed by atoms with van der Waals surface area (Å²) in [5.74, 6) is 0. The number of hydrogen-bond donors (Lipinski definition) is 4. The Morgan fingerprint density at radius 3 is 2.42 bits per heavy atom. The van der Waals surface area contributed by atoms with E-state index >= 15 is 0 Å². The van der Waals surface area contributed by atoms with Gasteiger partial charge in [0.15, 0.2) is 6.23 Å². The molecule has 142 valence electrons. The molecule has 2 heterocycles. The first-order chi connectivity index (χ1) is 12.2. The Balaban J connectivity index is 1.94. The maximum Gasteiger partial charge on any atom is 0.417 e. The summed E-state index contributed by atoms with van der Waals surface area (Å²) in [6, 6.07) is 4.79. The van der Waals surface area contributed by atoms with Crippen LogP contribution in [0.4, 0.5) is 13.2 Å². The highest BCUT2D eigenvalue weighted by atomic mass is 19.4. The molecular formula is C15H16F3N3O5. The summed E-state index contributed by atoms with van der Waals surface area (Å²) in [5.41, 5.74) is -1.23. The van der Waals surface area contributed by atoms with Gasteiger partial charge < -0.3 is 25.2 Å². The van der Waals surface area contributed by atoms with E-state index in [0.717, 1.165) is 16.9 Å². The normalized spacial score (nSPS) is 29.7. The van der Waals surface area contributed by atoms with Gasteiger partial charge in [0.05, 0.1) is 18.4 Å². The molecule has 0 spiro atoms. The van der Waals surface area contributed by atoms with E-state index in [1.165, 1.54) is 18.2 Å². The summed E-state index contributed by atoms with van der Waals surface area (Å²) in [6.45, 7) is -0.639. The van der Waals surface area contributed by atoms with Crippen LogP contribution in [0, 0.1) is 0 Å². The van der Waals surface area contributed by atoms with Gasteiger partial charge in [0.25, 0.3) is 0 Å². The number of aromatic nitrogens is 3. The lowest BCUT2D eigenvalue weighted by molar-refractivity contribution is -0.254. The Kier molecular flexibility index (Phi) is 4.99. The second-order valence-electron chi connectivity index (χ2n) is 5.85. The molecule has 5 atom stereocenters. The smallest absolute Gasteiger partial charge is 0.394 e. The summed E-state index contributed by atoms with van der Waals surface area (Å²) in [6.07, 6.45) is -10.8. The zero-order valence-electron chi connectivity index (χ0n) is 13.2. The van der Waals surface area contributed by atoms with Crippen molar-refractivity contribution in [1.29, 1.82) is 0 Å². The van der Waals surface area contributed by atoms with Crippen LogP contribution >= 0.6 is 0 Å². The van der Waals surface area contributed by atoms with Gasteiger partial charge in [0.2, 0.25) is 0 Å². The molecule has 1 saturated heterocycles. The predicted octanol–water partition coefficient (Wildman–Crippen LogP) is -0.0637. The molecule has 1 aliphatic rings. The fourth-order valence-corrected chi connectivity index (χ4v) is 2.78. The summed E-state index contributed by atoms with van der Waals surface area (Å²) in [7, 11) is 0. The minimum Gasteiger partial charge on any atom is -0.394 e. The minimum atomic E-state index is -4.59. The highest BCUT2D eigenvalue weighted by Gasteiger charge is 2.45. The Hall–Kier alpha value is -2.05. The number of aliphatic hydroxyl groups is 4. The van der Waals surface area contributed by atoms with Crippen LogP contribution < -0.4 is 0 Å². The van der Waals surface area contributed by atoms with Crippen LogP contribution in [0.25, 0.3) is 11.3 Å². The van der Waals surface area contributed by atoms with Crippen LogP contribution in [0.5, 0.6) is 0 Å². The first kappa shape index (κ1) is 18.7. The minimum absolute atomic E-state index is 0.116. The van der Waals surface area contributed by atoms with E-state index < -0.39 is 49.0 Å². The van der Waals surface area contributed by atoms with Gasteiger partial charge in [0, 0.05) is 5.56 Å². The third-order valence-electron chi connectivity index (χ3n) is 4.15. The number of rotatable bonds is 3. The maximum absolute atomic E-state index is 13.1. The third-order valence-corrected chi connectivity index (χ3v) is 4.15. The molecule has 0 amide bonds. The highest BCUT2D eigenvalue weighted by molar-refractivity contribution is 5.63. The van der Waals surface area contributed by atoms with Gasteiger partial charge in [-0.1, -0.05) is 23.4 Å². The van der Waals surface area contributed by atoms with E-state index in [4.69, 9.17) is 4.74 Å². The van der Waals surface area contributed by atoms with Crippen molar-refractivity contribution in [2.75, 3.05) is 6.61 Å². The van der Waals surface area contributed by atoms with Crippen molar-refractivity contribution in [3.63, 3.8) is 0 Å². The Morgan fingerprint density at radius 2 is 1.77 bits per heavy atom. The largest absolute Gasteiger partial charge is 0.417 e. The number of alkyl halides is 3. The molecular weight excluding hydrogens is 359 g/mol. The predicted molar refractivity (Wildman–Crippen MR) is 79.5 cm³/mol. The van der Waals surface area contributed by atoms with Crippen LogP contribution in [-0.2, 0) is 10.9 Å². The average molecular weight is 375 g/mol. The molecule has 2 aromatic rings. The number of ether oxygens (including phenoxy) is 1. The van der Waals surface area contributed by atoms with Crippen molar-refractivity contribution in [3.05, 3.63) is 36.0 Å². The van der Waals surface area contributed by atoms with Crippen LogP contribution in [0.1, 0.15) is 11.8 Å². The summed E-state index contributed by atoms with van der Waals surface area (Å²) in [5, 5.41) is 46.2. The quantitative estimate of drug-likeness (QED) is 0.593. The molecule has 3 rings (SSSR count). The first-order valence-electron chi connectivity index (χ1n) is 7.63. The number of aliphatic hydroxyl groups excluding tert-OH is 4. The van der Waals surface area contributed by atoms with Crippen molar-refractivity contribution in [3.8, 4) is 11.3 Å². The van der Waals surface area contributed by atoms with E-state index in [1.807, 2.05) is 0 Å². The van der Waals surface area contributed by atoms with Gasteiger partial charge in [0.1, 0.15) is 30.1 Å². The lowest BCUT2D eigenvalue weighted by Crippen LogP contribution is -2.56. The Morgan fingerprint density at radius 1 is 1.08 bits per heavy atom. The SMILES string of the molecule is OC[C@H]1O[C@@H](n2cc(-c3ccccc3C(F)(F)F)nn2)[C@H](O)[C@@H](O)[C@H]1O.